The summed E-state index contributed by atoms with van der Waals surface area (Å²) in [7, 11) is -1.74. The molecule has 1 unspecified atom stereocenters. The average Bonchev–Trinajstić information content (AvgIpc) is 2.57. The van der Waals surface area contributed by atoms with Crippen LogP contribution >= 0.6 is 10.5 Å². The number of rotatable bonds is 1. The van der Waals surface area contributed by atoms with Gasteiger partial charge in [-0.2, -0.15) is 0 Å². The highest BCUT2D eigenvalue weighted by atomic mass is 35.5. The minimum Gasteiger partial charge on any atom is -1.00 e. The molecule has 5 heteroatoms. The molecule has 0 spiro atoms. The molecule has 100 valence electrons. The van der Waals surface area contributed by atoms with Crippen LogP contribution in [0.15, 0.2) is 24.3 Å². The summed E-state index contributed by atoms with van der Waals surface area (Å²) < 4.78 is 39.9. The number of hydrogen-bond donors (Lipinski definition) is 0. The van der Waals surface area contributed by atoms with E-state index in [0.29, 0.717) is 9.58 Å². The third-order valence-corrected chi connectivity index (χ3v) is 5.15. The van der Waals surface area contributed by atoms with Gasteiger partial charge in [-0.15, -0.1) is 13.2 Å². The van der Waals surface area contributed by atoms with Crippen LogP contribution in [0.1, 0.15) is 30.2 Å². The van der Waals surface area contributed by atoms with Crippen LogP contribution < -0.4 is 12.4 Å². The fraction of sp³-hybridized carbons (Fsp3) is 0.385. The van der Waals surface area contributed by atoms with E-state index in [1.165, 1.54) is 0 Å². The van der Waals surface area contributed by atoms with Gasteiger partial charge in [0.15, 0.2) is 9.58 Å². The van der Waals surface area contributed by atoms with Gasteiger partial charge in [0.2, 0.25) is 0 Å². The van der Waals surface area contributed by atoms with E-state index >= 15 is 0 Å². The van der Waals surface area contributed by atoms with E-state index < -0.39 is 16.0 Å². The fourth-order valence-electron chi connectivity index (χ4n) is 2.01. The van der Waals surface area contributed by atoms with Crippen LogP contribution in [0, 0.1) is 6.92 Å². The fourth-order valence-corrected chi connectivity index (χ4v) is 4.14. The zero-order valence-corrected chi connectivity index (χ0v) is 11.9. The maximum Gasteiger partial charge on any atom is 0.600 e. The molecule has 0 aliphatic rings. The third-order valence-electron chi connectivity index (χ3n) is 2.83. The molecule has 0 aliphatic carbocycles. The van der Waals surface area contributed by atoms with Crippen molar-refractivity contribution in [1.29, 1.82) is 0 Å². The third kappa shape index (κ3) is 2.50. The molecule has 0 radical (unpaired) electrons. The quantitative estimate of drug-likeness (QED) is 0.709. The predicted molar refractivity (Wildman–Crippen MR) is 66.6 cm³/mol. The maximum absolute atomic E-state index is 13.2. The van der Waals surface area contributed by atoms with E-state index in [-0.39, 0.29) is 18.3 Å². The van der Waals surface area contributed by atoms with Gasteiger partial charge in [-0.3, -0.25) is 0 Å². The largest absolute Gasteiger partial charge is 1.00 e. The second kappa shape index (κ2) is 5.10. The molecule has 1 atom stereocenters. The first-order valence-corrected chi connectivity index (χ1v) is 6.67. The molecule has 0 saturated carbocycles. The van der Waals surface area contributed by atoms with E-state index in [1.54, 1.807) is 18.2 Å². The SMILES string of the molecule is Cc1cccc2c1cc(C(C)C)[s+]2C(F)(F)F.[Cl-]. The highest BCUT2D eigenvalue weighted by molar-refractivity contribution is 7.38. The van der Waals surface area contributed by atoms with Gasteiger partial charge in [0.25, 0.3) is 0 Å². The molecule has 2 aromatic rings. The molecule has 0 aliphatic heterocycles. The van der Waals surface area contributed by atoms with Crippen molar-refractivity contribution < 1.29 is 25.6 Å². The molecule has 1 aromatic heterocycles. The van der Waals surface area contributed by atoms with E-state index in [1.807, 2.05) is 26.8 Å². The van der Waals surface area contributed by atoms with Crippen LogP contribution in [0.2, 0.25) is 0 Å². The number of hydrogen-bond acceptors (Lipinski definition) is 0. The van der Waals surface area contributed by atoms with Gasteiger partial charge in [0, 0.05) is 17.4 Å². The second-order valence-corrected chi connectivity index (χ2v) is 6.43. The lowest BCUT2D eigenvalue weighted by molar-refractivity contribution is -0.0868. The molecule has 0 N–H and O–H groups in total. The van der Waals surface area contributed by atoms with Crippen LogP contribution in [0.5, 0.6) is 0 Å². The maximum atomic E-state index is 13.2. The summed E-state index contributed by atoms with van der Waals surface area (Å²) in [5, 5.41) is 0.761. The molecule has 0 bridgehead atoms. The topological polar surface area (TPSA) is 0 Å². The van der Waals surface area contributed by atoms with Crippen molar-refractivity contribution in [3.8, 4) is 0 Å². The molecule has 2 rings (SSSR count). The zero-order chi connectivity index (χ0) is 12.8. The number of fused-ring (bicyclic) bond motifs is 1. The van der Waals surface area contributed by atoms with E-state index in [0.717, 1.165) is 10.9 Å². The first-order valence-electron chi connectivity index (χ1n) is 5.44. The van der Waals surface area contributed by atoms with Crippen LogP contribution in [0.3, 0.4) is 0 Å². The van der Waals surface area contributed by atoms with Crippen molar-refractivity contribution in [2.24, 2.45) is 0 Å². The summed E-state index contributed by atoms with van der Waals surface area (Å²) in [6.07, 6.45) is 0. The average molecular weight is 295 g/mol. The summed E-state index contributed by atoms with van der Waals surface area (Å²) in [5.41, 5.74) is -3.25. The number of benzene rings is 1. The number of alkyl halides is 3. The molecular formula is C13H14ClF3S. The van der Waals surface area contributed by atoms with Gasteiger partial charge >= 0.3 is 5.51 Å². The molecule has 0 amide bonds. The Balaban J connectivity index is 0.00000162. The summed E-state index contributed by atoms with van der Waals surface area (Å²) >= 11 is 0. The molecule has 18 heavy (non-hydrogen) atoms. The molecule has 1 heterocycles. The predicted octanol–water partition coefficient (Wildman–Crippen LogP) is 2.50. The summed E-state index contributed by atoms with van der Waals surface area (Å²) in [6.45, 7) is 5.49. The van der Waals surface area contributed by atoms with Crippen molar-refractivity contribution in [3.05, 3.63) is 34.7 Å². The summed E-state index contributed by atoms with van der Waals surface area (Å²) in [4.78, 5) is 0.502. The Kier molecular flexibility index (Phi) is 4.34. The van der Waals surface area contributed by atoms with Crippen LogP contribution in [0.25, 0.3) is 10.1 Å². The summed E-state index contributed by atoms with van der Waals surface area (Å²) in [5.74, 6) is -0.0771. The summed E-state index contributed by atoms with van der Waals surface area (Å²) in [6, 6.07) is 6.89. The normalized spacial score (nSPS) is 12.9. The Morgan fingerprint density at radius 3 is 2.28 bits per heavy atom. The number of aryl methyl sites for hydroxylation is 1. The first-order chi connectivity index (χ1) is 7.82. The number of halogens is 4. The molecule has 1 aromatic carbocycles. The smallest absolute Gasteiger partial charge is 0.600 e. The Morgan fingerprint density at radius 1 is 1.17 bits per heavy atom. The Labute approximate surface area is 113 Å². The Morgan fingerprint density at radius 2 is 1.78 bits per heavy atom. The molecular weight excluding hydrogens is 281 g/mol. The number of thiophene rings is 1. The van der Waals surface area contributed by atoms with Crippen molar-refractivity contribution in [2.75, 3.05) is 0 Å². The van der Waals surface area contributed by atoms with Crippen LogP contribution in [-0.4, -0.2) is 0 Å². The van der Waals surface area contributed by atoms with Crippen molar-refractivity contribution >= 4 is 20.6 Å². The van der Waals surface area contributed by atoms with Gasteiger partial charge in [-0.25, -0.2) is 0 Å². The minimum atomic E-state index is -4.17. The van der Waals surface area contributed by atoms with Gasteiger partial charge < -0.3 is 12.4 Å². The molecule has 0 fully saturated rings. The molecule has 0 saturated heterocycles. The minimum absolute atomic E-state index is 0. The van der Waals surface area contributed by atoms with Crippen molar-refractivity contribution in [3.63, 3.8) is 0 Å². The lowest BCUT2D eigenvalue weighted by Crippen LogP contribution is -3.00. The highest BCUT2D eigenvalue weighted by Gasteiger charge is 2.48. The van der Waals surface area contributed by atoms with E-state index in [2.05, 4.69) is 0 Å². The standard InChI is InChI=1S/C13H14F3S.ClH/c1-8(2)12-7-10-9(3)5-4-6-11(10)17(12)13(14,15)16;/h4-8H,1-3H3;1H/q+1;/p-1. The van der Waals surface area contributed by atoms with Crippen LogP contribution in [0.4, 0.5) is 13.2 Å². The van der Waals surface area contributed by atoms with Gasteiger partial charge in [-0.05, 0) is 18.6 Å². The zero-order valence-electron chi connectivity index (χ0n) is 10.3. The van der Waals surface area contributed by atoms with Crippen LogP contribution in [-0.2, 0) is 5.51 Å². The lowest BCUT2D eigenvalue weighted by atomic mass is 10.1. The van der Waals surface area contributed by atoms with E-state index in [9.17, 15) is 13.2 Å². The van der Waals surface area contributed by atoms with Crippen molar-refractivity contribution in [1.82, 2.24) is 0 Å². The Hall–Kier alpha value is -0.740. The monoisotopic (exact) mass is 294 g/mol. The highest BCUT2D eigenvalue weighted by Crippen LogP contribution is 2.53. The van der Waals surface area contributed by atoms with Crippen molar-refractivity contribution in [2.45, 2.75) is 32.2 Å². The lowest BCUT2D eigenvalue weighted by Gasteiger charge is -2.02. The Bertz CT molecular complexity index is 555. The van der Waals surface area contributed by atoms with Gasteiger partial charge in [0.1, 0.15) is 0 Å². The second-order valence-electron chi connectivity index (χ2n) is 4.44. The first kappa shape index (κ1) is 15.3. The molecule has 0 nitrogen and oxygen atoms in total. The van der Waals surface area contributed by atoms with Gasteiger partial charge in [0.05, 0.1) is 10.5 Å². The van der Waals surface area contributed by atoms with Gasteiger partial charge in [-0.1, -0.05) is 26.0 Å². The van der Waals surface area contributed by atoms with E-state index in [4.69, 9.17) is 0 Å².